The molecular formula is C15H16BrN3S. The highest BCUT2D eigenvalue weighted by molar-refractivity contribution is 9.10. The third kappa shape index (κ3) is 2.41. The summed E-state index contributed by atoms with van der Waals surface area (Å²) in [5.74, 6) is 0.947. The van der Waals surface area contributed by atoms with E-state index in [1.165, 1.54) is 0 Å². The molecule has 2 aromatic heterocycles. The first-order valence-electron chi connectivity index (χ1n) is 6.65. The Kier molecular flexibility index (Phi) is 3.92. The lowest BCUT2D eigenvalue weighted by molar-refractivity contribution is 0.630. The fourth-order valence-electron chi connectivity index (χ4n) is 2.41. The molecule has 5 heteroatoms. The Balaban J connectivity index is 2.15. The van der Waals surface area contributed by atoms with Gasteiger partial charge in [0.1, 0.15) is 5.82 Å². The molecule has 1 unspecified atom stereocenters. The number of halogens is 1. The Bertz CT molecular complexity index is 718. The van der Waals surface area contributed by atoms with Crippen LogP contribution in [0.5, 0.6) is 0 Å². The predicted octanol–water partition coefficient (Wildman–Crippen LogP) is 4.32. The van der Waals surface area contributed by atoms with Crippen LogP contribution in [0.4, 0.5) is 0 Å². The maximum atomic E-state index is 6.41. The van der Waals surface area contributed by atoms with Crippen LogP contribution >= 0.6 is 27.3 Å². The van der Waals surface area contributed by atoms with Crippen molar-refractivity contribution in [3.63, 3.8) is 0 Å². The maximum Gasteiger partial charge on any atom is 0.132 e. The van der Waals surface area contributed by atoms with E-state index in [1.54, 1.807) is 11.3 Å². The van der Waals surface area contributed by atoms with Crippen molar-refractivity contribution in [1.29, 1.82) is 0 Å². The molecule has 0 bridgehead atoms. The van der Waals surface area contributed by atoms with Gasteiger partial charge in [-0.2, -0.15) is 0 Å². The maximum absolute atomic E-state index is 6.41. The Morgan fingerprint density at radius 3 is 2.95 bits per heavy atom. The van der Waals surface area contributed by atoms with Gasteiger partial charge in [0.05, 0.1) is 17.1 Å². The van der Waals surface area contributed by atoms with Gasteiger partial charge >= 0.3 is 0 Å². The minimum atomic E-state index is -0.160. The SMILES string of the molecule is CCCn1c(C(N)c2cccs2)nc2cc(Br)ccc21. The van der Waals surface area contributed by atoms with E-state index in [0.717, 1.165) is 39.2 Å². The first-order valence-corrected chi connectivity index (χ1v) is 8.32. The third-order valence-corrected chi connectivity index (χ3v) is 4.76. The van der Waals surface area contributed by atoms with Crippen LogP contribution in [0.3, 0.4) is 0 Å². The Hall–Kier alpha value is -1.17. The van der Waals surface area contributed by atoms with Gasteiger partial charge in [0.2, 0.25) is 0 Å². The standard InChI is InChI=1S/C15H16BrN3S/c1-2-7-19-12-6-5-10(16)9-11(12)18-15(19)14(17)13-4-3-8-20-13/h3-6,8-9,14H,2,7,17H2,1H3. The quantitative estimate of drug-likeness (QED) is 0.762. The van der Waals surface area contributed by atoms with Crippen LogP contribution in [0.1, 0.15) is 30.1 Å². The van der Waals surface area contributed by atoms with E-state index in [0.29, 0.717) is 0 Å². The van der Waals surface area contributed by atoms with Crippen LogP contribution in [-0.4, -0.2) is 9.55 Å². The predicted molar refractivity (Wildman–Crippen MR) is 88.1 cm³/mol. The van der Waals surface area contributed by atoms with Crippen LogP contribution < -0.4 is 5.73 Å². The molecule has 0 aliphatic heterocycles. The molecule has 2 heterocycles. The van der Waals surface area contributed by atoms with E-state index in [9.17, 15) is 0 Å². The molecule has 0 fully saturated rings. The molecule has 2 N–H and O–H groups in total. The zero-order chi connectivity index (χ0) is 14.1. The molecule has 0 aliphatic carbocycles. The molecule has 0 aliphatic rings. The number of benzene rings is 1. The summed E-state index contributed by atoms with van der Waals surface area (Å²) in [7, 11) is 0. The van der Waals surface area contributed by atoms with Crippen molar-refractivity contribution >= 4 is 38.3 Å². The van der Waals surface area contributed by atoms with Gasteiger partial charge in [0.15, 0.2) is 0 Å². The lowest BCUT2D eigenvalue weighted by atomic mass is 10.2. The number of fused-ring (bicyclic) bond motifs is 1. The summed E-state index contributed by atoms with van der Waals surface area (Å²) in [4.78, 5) is 5.91. The fraction of sp³-hybridized carbons (Fsp3) is 0.267. The Morgan fingerprint density at radius 2 is 2.25 bits per heavy atom. The van der Waals surface area contributed by atoms with Crippen LogP contribution in [0.25, 0.3) is 11.0 Å². The number of rotatable bonds is 4. The number of aryl methyl sites for hydroxylation is 1. The Morgan fingerprint density at radius 1 is 1.40 bits per heavy atom. The molecule has 0 spiro atoms. The van der Waals surface area contributed by atoms with Gasteiger partial charge in [-0.05, 0) is 36.1 Å². The first-order chi connectivity index (χ1) is 9.70. The number of imidazole rings is 1. The molecular weight excluding hydrogens is 334 g/mol. The monoisotopic (exact) mass is 349 g/mol. The summed E-state index contributed by atoms with van der Waals surface area (Å²) >= 11 is 5.18. The number of hydrogen-bond donors (Lipinski definition) is 1. The van der Waals surface area contributed by atoms with E-state index in [-0.39, 0.29) is 6.04 Å². The summed E-state index contributed by atoms with van der Waals surface area (Å²) in [6.07, 6.45) is 1.06. The van der Waals surface area contributed by atoms with Crippen molar-refractivity contribution in [2.45, 2.75) is 25.9 Å². The third-order valence-electron chi connectivity index (χ3n) is 3.31. The van der Waals surface area contributed by atoms with Crippen molar-refractivity contribution in [3.05, 3.63) is 50.9 Å². The molecule has 0 radical (unpaired) electrons. The van der Waals surface area contributed by atoms with E-state index >= 15 is 0 Å². The molecule has 0 saturated carbocycles. The zero-order valence-electron chi connectivity index (χ0n) is 11.2. The number of hydrogen-bond acceptors (Lipinski definition) is 3. The average molecular weight is 350 g/mol. The normalized spacial score (nSPS) is 12.9. The molecule has 3 nitrogen and oxygen atoms in total. The molecule has 3 aromatic rings. The van der Waals surface area contributed by atoms with Gasteiger partial charge in [-0.15, -0.1) is 11.3 Å². The van der Waals surface area contributed by atoms with Gasteiger partial charge in [-0.3, -0.25) is 0 Å². The van der Waals surface area contributed by atoms with Crippen molar-refractivity contribution in [1.82, 2.24) is 9.55 Å². The number of nitrogens with zero attached hydrogens (tertiary/aromatic N) is 2. The summed E-state index contributed by atoms with van der Waals surface area (Å²) in [5, 5.41) is 2.05. The molecule has 0 saturated heterocycles. The van der Waals surface area contributed by atoms with Crippen LogP contribution in [0.15, 0.2) is 40.2 Å². The lowest BCUT2D eigenvalue weighted by Gasteiger charge is -2.12. The van der Waals surface area contributed by atoms with Crippen molar-refractivity contribution in [3.8, 4) is 0 Å². The van der Waals surface area contributed by atoms with Gasteiger partial charge in [-0.25, -0.2) is 4.98 Å². The average Bonchev–Trinajstić information content (AvgIpc) is 3.06. The van der Waals surface area contributed by atoms with Crippen LogP contribution in [0, 0.1) is 0 Å². The topological polar surface area (TPSA) is 43.8 Å². The molecule has 104 valence electrons. The van der Waals surface area contributed by atoms with Crippen molar-refractivity contribution < 1.29 is 0 Å². The van der Waals surface area contributed by atoms with Gasteiger partial charge < -0.3 is 10.3 Å². The molecule has 1 aromatic carbocycles. The largest absolute Gasteiger partial charge is 0.326 e. The van der Waals surface area contributed by atoms with E-state index in [2.05, 4.69) is 51.0 Å². The van der Waals surface area contributed by atoms with Crippen molar-refractivity contribution in [2.24, 2.45) is 5.73 Å². The second-order valence-corrected chi connectivity index (χ2v) is 6.64. The molecule has 3 rings (SSSR count). The zero-order valence-corrected chi connectivity index (χ0v) is 13.6. The van der Waals surface area contributed by atoms with Crippen LogP contribution in [0.2, 0.25) is 0 Å². The highest BCUT2D eigenvalue weighted by Gasteiger charge is 2.19. The van der Waals surface area contributed by atoms with Crippen LogP contribution in [-0.2, 0) is 6.54 Å². The minimum absolute atomic E-state index is 0.160. The summed E-state index contributed by atoms with van der Waals surface area (Å²) in [6, 6.07) is 10.1. The molecule has 20 heavy (non-hydrogen) atoms. The number of aromatic nitrogens is 2. The number of nitrogens with two attached hydrogens (primary N) is 1. The van der Waals surface area contributed by atoms with Gasteiger partial charge in [-0.1, -0.05) is 28.9 Å². The van der Waals surface area contributed by atoms with Crippen molar-refractivity contribution in [2.75, 3.05) is 0 Å². The first kappa shape index (κ1) is 13.8. The minimum Gasteiger partial charge on any atom is -0.326 e. The van der Waals surface area contributed by atoms with E-state index in [1.807, 2.05) is 12.1 Å². The number of thiophene rings is 1. The fourth-order valence-corrected chi connectivity index (χ4v) is 3.49. The smallest absolute Gasteiger partial charge is 0.132 e. The summed E-state index contributed by atoms with van der Waals surface area (Å²) < 4.78 is 3.29. The second kappa shape index (κ2) is 5.68. The van der Waals surface area contributed by atoms with Gasteiger partial charge in [0.25, 0.3) is 0 Å². The van der Waals surface area contributed by atoms with E-state index < -0.39 is 0 Å². The van der Waals surface area contributed by atoms with Gasteiger partial charge in [0, 0.05) is 15.9 Å². The highest BCUT2D eigenvalue weighted by atomic mass is 79.9. The van der Waals surface area contributed by atoms with E-state index in [4.69, 9.17) is 10.7 Å². The second-order valence-electron chi connectivity index (χ2n) is 4.75. The Labute approximate surface area is 130 Å². The molecule has 1 atom stereocenters. The lowest BCUT2D eigenvalue weighted by Crippen LogP contribution is -2.17. The summed E-state index contributed by atoms with van der Waals surface area (Å²) in [5.41, 5.74) is 8.55. The highest BCUT2D eigenvalue weighted by Crippen LogP contribution is 2.28. The molecule has 0 amide bonds. The summed E-state index contributed by atoms with van der Waals surface area (Å²) in [6.45, 7) is 3.11.